The molecule has 22 nitrogen and oxygen atoms in total. The summed E-state index contributed by atoms with van der Waals surface area (Å²) in [7, 11) is 0. The number of carbonyl (C=O) groups is 10. The molecule has 0 heterocycles. The monoisotopic (exact) mass is 702 g/mol. The van der Waals surface area contributed by atoms with Crippen LogP contribution in [0.25, 0.3) is 0 Å². The number of carboxylic acids is 2. The largest absolute Gasteiger partial charge is 0.480 e. The number of hydrogen-bond acceptors (Lipinski definition) is 12. The van der Waals surface area contributed by atoms with Crippen molar-refractivity contribution in [3.8, 4) is 0 Å². The Kier molecular flexibility index (Phi) is 21.2. The molecule has 0 spiro atoms. The molecular weight excluding hydrogens is 656 g/mol. The van der Waals surface area contributed by atoms with Crippen LogP contribution in [0.15, 0.2) is 0 Å². The Labute approximate surface area is 281 Å². The van der Waals surface area contributed by atoms with Crippen molar-refractivity contribution in [2.45, 2.75) is 70.1 Å². The van der Waals surface area contributed by atoms with Gasteiger partial charge in [0, 0.05) is 13.0 Å². The summed E-state index contributed by atoms with van der Waals surface area (Å²) in [6.45, 7) is 0.481. The summed E-state index contributed by atoms with van der Waals surface area (Å²) in [5.41, 5.74) is 10.6. The molecule has 49 heavy (non-hydrogen) atoms. The maximum Gasteiger partial charge on any atom is 0.326 e. The number of unbranched alkanes of at least 4 members (excludes halogenated alkanes) is 1. The Balaban J connectivity index is 5.17. The van der Waals surface area contributed by atoms with Gasteiger partial charge >= 0.3 is 11.9 Å². The van der Waals surface area contributed by atoms with Gasteiger partial charge in [0.2, 0.25) is 47.3 Å². The highest BCUT2D eigenvalue weighted by Gasteiger charge is 2.27. The lowest BCUT2D eigenvalue weighted by molar-refractivity contribution is -0.142. The number of amides is 8. The quantitative estimate of drug-likeness (QED) is 0.0416. The first kappa shape index (κ1) is 43.6. The van der Waals surface area contributed by atoms with E-state index < -0.39 is 103 Å². The lowest BCUT2D eigenvalue weighted by Gasteiger charge is -2.22. The number of nitrogens with one attached hydrogen (secondary N) is 8. The first-order valence-electron chi connectivity index (χ1n) is 15.1. The number of hydrogen-bond donors (Lipinski definition) is 12. The van der Waals surface area contributed by atoms with E-state index in [1.54, 1.807) is 0 Å². The van der Waals surface area contributed by atoms with Crippen LogP contribution in [-0.2, 0) is 47.9 Å². The molecule has 0 fully saturated rings. The van der Waals surface area contributed by atoms with E-state index in [9.17, 15) is 53.1 Å². The molecule has 0 radical (unpaired) electrons. The Morgan fingerprint density at radius 2 is 1.12 bits per heavy atom. The van der Waals surface area contributed by atoms with E-state index in [2.05, 4.69) is 37.2 Å². The zero-order chi connectivity index (χ0) is 37.5. The van der Waals surface area contributed by atoms with Crippen molar-refractivity contribution in [1.29, 1.82) is 0 Å². The van der Waals surface area contributed by atoms with Gasteiger partial charge in [-0.05, 0) is 39.5 Å². The SMILES string of the molecule is CC(N)C(=O)NC(CCC(=O)NC(CCCCNC(=O)CNC(=O)CNC(=O)CN)C(=O)NC(C)C(=O)NCC(=O)NCC(=O)O)C(=O)O. The summed E-state index contributed by atoms with van der Waals surface area (Å²) in [4.78, 5) is 118. The fourth-order valence-electron chi connectivity index (χ4n) is 3.56. The molecule has 0 aromatic rings. The van der Waals surface area contributed by atoms with E-state index >= 15 is 0 Å². The highest BCUT2D eigenvalue weighted by Crippen LogP contribution is 2.05. The highest BCUT2D eigenvalue weighted by atomic mass is 16.4. The van der Waals surface area contributed by atoms with Crippen molar-refractivity contribution in [2.24, 2.45) is 11.5 Å². The van der Waals surface area contributed by atoms with E-state index in [-0.39, 0.29) is 45.4 Å². The van der Waals surface area contributed by atoms with Gasteiger partial charge in [0.15, 0.2) is 0 Å². The number of carboxylic acid groups (broad SMARTS) is 2. The van der Waals surface area contributed by atoms with Crippen molar-refractivity contribution in [3.05, 3.63) is 0 Å². The molecule has 0 aliphatic heterocycles. The minimum absolute atomic E-state index is 0.000731. The second kappa shape index (κ2) is 23.9. The smallest absolute Gasteiger partial charge is 0.326 e. The first-order chi connectivity index (χ1) is 23.0. The molecule has 0 saturated carbocycles. The lowest BCUT2D eigenvalue weighted by atomic mass is 10.1. The third-order valence-corrected chi connectivity index (χ3v) is 6.27. The minimum atomic E-state index is -1.44. The van der Waals surface area contributed by atoms with Crippen molar-refractivity contribution in [3.63, 3.8) is 0 Å². The second-order valence-corrected chi connectivity index (χ2v) is 10.6. The van der Waals surface area contributed by atoms with Gasteiger partial charge in [0.25, 0.3) is 0 Å². The van der Waals surface area contributed by atoms with E-state index in [1.165, 1.54) is 13.8 Å². The van der Waals surface area contributed by atoms with Crippen LogP contribution in [0.5, 0.6) is 0 Å². The molecule has 0 aliphatic rings. The summed E-state index contributed by atoms with van der Waals surface area (Å²) in [5.74, 6) is -8.29. The van der Waals surface area contributed by atoms with Crippen molar-refractivity contribution in [2.75, 3.05) is 39.3 Å². The standard InChI is InChI=1S/C27H46N10O12/c1-14(29)24(45)37-17(27(48)49)6-7-18(38)36-16(26(47)35-15(2)25(46)34-12-22(42)33-13-23(43)44)5-3-4-8-30-20(40)10-32-21(41)11-31-19(39)9-28/h14-17H,3-13,28-29H2,1-2H3,(H,30,40)(H,31,39)(H,32,41)(H,33,42)(H,34,46)(H,35,47)(H,36,38)(H,37,45)(H,43,44)(H,48,49). The van der Waals surface area contributed by atoms with Crippen LogP contribution >= 0.6 is 0 Å². The number of aliphatic carboxylic acids is 2. The van der Waals surface area contributed by atoms with Crippen molar-refractivity contribution in [1.82, 2.24) is 42.5 Å². The Bertz CT molecular complexity index is 1210. The fourth-order valence-corrected chi connectivity index (χ4v) is 3.56. The van der Waals surface area contributed by atoms with Crippen LogP contribution in [0, 0.1) is 0 Å². The third-order valence-electron chi connectivity index (χ3n) is 6.27. The molecule has 22 heteroatoms. The predicted molar refractivity (Wildman–Crippen MR) is 168 cm³/mol. The summed E-state index contributed by atoms with van der Waals surface area (Å²) < 4.78 is 0. The molecule has 4 unspecified atom stereocenters. The predicted octanol–water partition coefficient (Wildman–Crippen LogP) is -6.53. The molecule has 0 saturated heterocycles. The molecule has 0 aromatic carbocycles. The zero-order valence-electron chi connectivity index (χ0n) is 27.2. The maximum atomic E-state index is 13.1. The van der Waals surface area contributed by atoms with Gasteiger partial charge in [-0.2, -0.15) is 0 Å². The van der Waals surface area contributed by atoms with Crippen LogP contribution < -0.4 is 54.0 Å². The van der Waals surface area contributed by atoms with Gasteiger partial charge in [-0.15, -0.1) is 0 Å². The molecule has 4 atom stereocenters. The lowest BCUT2D eigenvalue weighted by Crippen LogP contribution is -2.53. The van der Waals surface area contributed by atoms with E-state index in [1.807, 2.05) is 5.32 Å². The normalized spacial score (nSPS) is 12.8. The summed E-state index contributed by atoms with van der Waals surface area (Å²) in [6.07, 6.45) is -0.195. The molecule has 0 bridgehead atoms. The number of nitrogens with two attached hydrogens (primary N) is 2. The maximum absolute atomic E-state index is 13.1. The van der Waals surface area contributed by atoms with Gasteiger partial charge in [0.05, 0.1) is 32.2 Å². The van der Waals surface area contributed by atoms with Crippen LogP contribution in [0.3, 0.4) is 0 Å². The molecule has 14 N–H and O–H groups in total. The first-order valence-corrected chi connectivity index (χ1v) is 15.1. The van der Waals surface area contributed by atoms with Gasteiger partial charge in [0.1, 0.15) is 24.7 Å². The summed E-state index contributed by atoms with van der Waals surface area (Å²) >= 11 is 0. The third kappa shape index (κ3) is 21.2. The average Bonchev–Trinajstić information content (AvgIpc) is 3.04. The summed E-state index contributed by atoms with van der Waals surface area (Å²) in [6, 6.07) is -4.88. The average molecular weight is 703 g/mol. The number of rotatable bonds is 24. The topological polar surface area (TPSA) is 359 Å². The van der Waals surface area contributed by atoms with E-state index in [4.69, 9.17) is 16.6 Å². The van der Waals surface area contributed by atoms with Crippen LogP contribution in [0.2, 0.25) is 0 Å². The van der Waals surface area contributed by atoms with Gasteiger partial charge < -0.3 is 64.2 Å². The summed E-state index contributed by atoms with van der Waals surface area (Å²) in [5, 5.41) is 36.4. The Hall–Kier alpha value is -5.38. The molecule has 276 valence electrons. The van der Waals surface area contributed by atoms with Gasteiger partial charge in [-0.1, -0.05) is 0 Å². The van der Waals surface area contributed by atoms with Crippen molar-refractivity contribution >= 4 is 59.2 Å². The number of carbonyl (C=O) groups excluding carboxylic acids is 8. The molecule has 0 rings (SSSR count). The van der Waals surface area contributed by atoms with Crippen LogP contribution in [0.1, 0.15) is 46.0 Å². The highest BCUT2D eigenvalue weighted by molar-refractivity contribution is 5.94. The zero-order valence-corrected chi connectivity index (χ0v) is 27.2. The fraction of sp³-hybridized carbons (Fsp3) is 0.630. The molecular formula is C27H46N10O12. The van der Waals surface area contributed by atoms with E-state index in [0.717, 1.165) is 0 Å². The van der Waals surface area contributed by atoms with Crippen LogP contribution in [0.4, 0.5) is 0 Å². The Morgan fingerprint density at radius 3 is 1.67 bits per heavy atom. The van der Waals surface area contributed by atoms with Gasteiger partial charge in [-0.3, -0.25) is 43.2 Å². The second-order valence-electron chi connectivity index (χ2n) is 10.6. The van der Waals surface area contributed by atoms with Crippen molar-refractivity contribution < 1.29 is 58.2 Å². The van der Waals surface area contributed by atoms with Crippen LogP contribution in [-0.4, -0.2) is 133 Å². The molecule has 0 aliphatic carbocycles. The molecule has 8 amide bonds. The minimum Gasteiger partial charge on any atom is -0.480 e. The Morgan fingerprint density at radius 1 is 0.571 bits per heavy atom. The molecule has 0 aromatic heterocycles. The van der Waals surface area contributed by atoms with Gasteiger partial charge in [-0.25, -0.2) is 4.79 Å². The van der Waals surface area contributed by atoms with E-state index in [0.29, 0.717) is 6.42 Å².